The van der Waals surface area contributed by atoms with Gasteiger partial charge in [-0.15, -0.1) is 0 Å². The van der Waals surface area contributed by atoms with Crippen LogP contribution < -0.4 is 5.32 Å². The predicted molar refractivity (Wildman–Crippen MR) is 107 cm³/mol. The molecule has 3 aromatic rings. The zero-order valence-corrected chi connectivity index (χ0v) is 16.0. The van der Waals surface area contributed by atoms with Crippen LogP contribution in [0.2, 0.25) is 0 Å². The van der Waals surface area contributed by atoms with Gasteiger partial charge in [-0.3, -0.25) is 19.3 Å². The van der Waals surface area contributed by atoms with E-state index in [9.17, 15) is 14.4 Å². The number of carbonyl (C=O) groups is 3. The average Bonchev–Trinajstić information content (AvgIpc) is 2.93. The number of rotatable bonds is 4. The molecule has 1 N–H and O–H groups in total. The van der Waals surface area contributed by atoms with Crippen molar-refractivity contribution < 1.29 is 14.4 Å². The molecule has 0 saturated heterocycles. The van der Waals surface area contributed by atoms with Crippen LogP contribution in [0.15, 0.2) is 55.1 Å². The first-order chi connectivity index (χ1) is 13.9. The summed E-state index contributed by atoms with van der Waals surface area (Å²) in [6.07, 6.45) is 4.91. The lowest BCUT2D eigenvalue weighted by molar-refractivity contribution is -0.115. The normalized spacial score (nSPS) is 12.8. The lowest BCUT2D eigenvalue weighted by Crippen LogP contribution is -2.24. The second-order valence-corrected chi connectivity index (χ2v) is 6.95. The zero-order valence-electron chi connectivity index (χ0n) is 16.0. The summed E-state index contributed by atoms with van der Waals surface area (Å²) in [6.45, 7) is 1.84. The number of hydrogen-bond acceptors (Lipinski definition) is 5. The number of benzene rings is 2. The molecular formula is C22H18N4O3. The molecule has 0 saturated carbocycles. The summed E-state index contributed by atoms with van der Waals surface area (Å²) in [4.78, 5) is 46.3. The Labute approximate surface area is 167 Å². The number of imide groups is 1. The van der Waals surface area contributed by atoms with E-state index in [1.165, 1.54) is 13.4 Å². The molecule has 29 heavy (non-hydrogen) atoms. The largest absolute Gasteiger partial charge is 0.326 e. The molecule has 0 unspecified atom stereocenters. The first-order valence-corrected chi connectivity index (χ1v) is 9.05. The monoisotopic (exact) mass is 386 g/mol. The van der Waals surface area contributed by atoms with Crippen LogP contribution in [-0.4, -0.2) is 39.6 Å². The lowest BCUT2D eigenvalue weighted by Gasteiger charge is -2.10. The fourth-order valence-electron chi connectivity index (χ4n) is 3.44. The Hall–Kier alpha value is -3.87. The number of nitrogens with one attached hydrogen (secondary N) is 1. The van der Waals surface area contributed by atoms with E-state index in [-0.39, 0.29) is 24.1 Å². The maximum atomic E-state index is 12.6. The summed E-state index contributed by atoms with van der Waals surface area (Å²) in [7, 11) is 1.45. The summed E-state index contributed by atoms with van der Waals surface area (Å²) >= 11 is 0. The van der Waals surface area contributed by atoms with Crippen molar-refractivity contribution in [2.45, 2.75) is 13.3 Å². The molecule has 0 aliphatic carbocycles. The fourth-order valence-corrected chi connectivity index (χ4v) is 3.44. The zero-order chi connectivity index (χ0) is 20.5. The van der Waals surface area contributed by atoms with E-state index >= 15 is 0 Å². The molecule has 1 aromatic heterocycles. The van der Waals surface area contributed by atoms with E-state index in [0.717, 1.165) is 21.6 Å². The van der Waals surface area contributed by atoms with Crippen molar-refractivity contribution in [2.75, 3.05) is 12.4 Å². The van der Waals surface area contributed by atoms with Crippen molar-refractivity contribution in [1.29, 1.82) is 0 Å². The summed E-state index contributed by atoms with van der Waals surface area (Å²) in [5, 5.41) is 2.84. The summed E-state index contributed by atoms with van der Waals surface area (Å²) in [6, 6.07) is 10.8. The van der Waals surface area contributed by atoms with Crippen LogP contribution in [0.4, 0.5) is 5.69 Å². The number of hydrogen-bond donors (Lipinski definition) is 1. The van der Waals surface area contributed by atoms with Gasteiger partial charge in [-0.25, -0.2) is 9.97 Å². The second-order valence-electron chi connectivity index (χ2n) is 6.95. The summed E-state index contributed by atoms with van der Waals surface area (Å²) in [5.41, 5.74) is 4.52. The Bertz CT molecular complexity index is 1120. The molecule has 0 radical (unpaired) electrons. The quantitative estimate of drug-likeness (QED) is 0.696. The number of anilines is 1. The SMILES string of the molecule is Cc1cc(CC(=O)Nc2ccc(-c3cncnc3)cc2)c2c(c1)C(=O)N(C)C2=O. The van der Waals surface area contributed by atoms with Gasteiger partial charge in [0.25, 0.3) is 11.8 Å². The molecule has 3 amide bonds. The molecule has 7 nitrogen and oxygen atoms in total. The summed E-state index contributed by atoms with van der Waals surface area (Å²) < 4.78 is 0. The van der Waals surface area contributed by atoms with Crippen LogP contribution in [-0.2, 0) is 11.2 Å². The highest BCUT2D eigenvalue weighted by Crippen LogP contribution is 2.27. The van der Waals surface area contributed by atoms with Gasteiger partial charge in [0.1, 0.15) is 6.33 Å². The third-order valence-corrected chi connectivity index (χ3v) is 4.83. The van der Waals surface area contributed by atoms with E-state index in [1.54, 1.807) is 36.7 Å². The van der Waals surface area contributed by atoms with E-state index in [1.807, 2.05) is 19.1 Å². The molecule has 7 heteroatoms. The molecule has 0 spiro atoms. The Balaban J connectivity index is 1.52. The van der Waals surface area contributed by atoms with Gasteiger partial charge in [0.15, 0.2) is 0 Å². The third-order valence-electron chi connectivity index (χ3n) is 4.83. The lowest BCUT2D eigenvalue weighted by atomic mass is 9.97. The van der Waals surface area contributed by atoms with Crippen LogP contribution in [0.5, 0.6) is 0 Å². The molecule has 0 bridgehead atoms. The molecule has 0 atom stereocenters. The smallest absolute Gasteiger partial charge is 0.261 e. The standard InChI is InChI=1S/C22H18N4O3/c1-13-7-15(20-18(8-13)21(28)26(2)22(20)29)9-19(27)25-17-5-3-14(4-6-17)16-10-23-12-24-11-16/h3-8,10-12H,9H2,1-2H3,(H,25,27). The molecule has 2 aromatic carbocycles. The maximum Gasteiger partial charge on any atom is 0.261 e. The Morgan fingerprint density at radius 3 is 2.38 bits per heavy atom. The molecular weight excluding hydrogens is 368 g/mol. The average molecular weight is 386 g/mol. The molecule has 144 valence electrons. The van der Waals surface area contributed by atoms with E-state index < -0.39 is 0 Å². The van der Waals surface area contributed by atoms with E-state index in [4.69, 9.17) is 0 Å². The van der Waals surface area contributed by atoms with Gasteiger partial charge in [0.2, 0.25) is 5.91 Å². The van der Waals surface area contributed by atoms with Crippen molar-refractivity contribution in [3.8, 4) is 11.1 Å². The number of aryl methyl sites for hydroxylation is 1. The Morgan fingerprint density at radius 1 is 1.00 bits per heavy atom. The Morgan fingerprint density at radius 2 is 1.69 bits per heavy atom. The number of carbonyl (C=O) groups excluding carboxylic acids is 3. The Kier molecular flexibility index (Phi) is 4.64. The van der Waals surface area contributed by atoms with E-state index in [0.29, 0.717) is 22.4 Å². The molecule has 4 rings (SSSR count). The minimum atomic E-state index is -0.373. The topological polar surface area (TPSA) is 92.3 Å². The maximum absolute atomic E-state index is 12.6. The highest BCUT2D eigenvalue weighted by atomic mass is 16.2. The van der Waals surface area contributed by atoms with Crippen molar-refractivity contribution in [3.63, 3.8) is 0 Å². The first kappa shape index (κ1) is 18.5. The highest BCUT2D eigenvalue weighted by Gasteiger charge is 2.35. The minimum Gasteiger partial charge on any atom is -0.326 e. The molecule has 2 heterocycles. The number of amides is 3. The highest BCUT2D eigenvalue weighted by molar-refractivity contribution is 6.22. The van der Waals surface area contributed by atoms with E-state index in [2.05, 4.69) is 15.3 Å². The van der Waals surface area contributed by atoms with Gasteiger partial charge >= 0.3 is 0 Å². The van der Waals surface area contributed by atoms with Crippen LogP contribution >= 0.6 is 0 Å². The van der Waals surface area contributed by atoms with Gasteiger partial charge < -0.3 is 5.32 Å². The van der Waals surface area contributed by atoms with Gasteiger partial charge in [-0.2, -0.15) is 0 Å². The van der Waals surface area contributed by atoms with Gasteiger partial charge in [0.05, 0.1) is 17.5 Å². The van der Waals surface area contributed by atoms with Gasteiger partial charge in [0, 0.05) is 30.7 Å². The predicted octanol–water partition coefficient (Wildman–Crippen LogP) is 2.86. The van der Waals surface area contributed by atoms with Crippen molar-refractivity contribution in [3.05, 3.63) is 77.4 Å². The number of nitrogens with zero attached hydrogens (tertiary/aromatic N) is 3. The summed E-state index contributed by atoms with van der Waals surface area (Å²) in [5.74, 6) is -0.971. The minimum absolute atomic E-state index is 0.00511. The van der Waals surface area contributed by atoms with Crippen molar-refractivity contribution in [1.82, 2.24) is 14.9 Å². The number of fused-ring (bicyclic) bond motifs is 1. The first-order valence-electron chi connectivity index (χ1n) is 9.05. The molecule has 1 aliphatic rings. The van der Waals surface area contributed by atoms with Gasteiger partial charge in [-0.05, 0) is 41.8 Å². The fraction of sp³-hybridized carbons (Fsp3) is 0.136. The van der Waals surface area contributed by atoms with Gasteiger partial charge in [-0.1, -0.05) is 18.2 Å². The second kappa shape index (κ2) is 7.27. The third kappa shape index (κ3) is 3.50. The number of aromatic nitrogens is 2. The van der Waals surface area contributed by atoms with Crippen LogP contribution in [0.3, 0.4) is 0 Å². The van der Waals surface area contributed by atoms with Crippen LogP contribution in [0.1, 0.15) is 31.8 Å². The van der Waals surface area contributed by atoms with Crippen LogP contribution in [0.25, 0.3) is 11.1 Å². The molecule has 0 fully saturated rings. The van der Waals surface area contributed by atoms with Crippen molar-refractivity contribution >= 4 is 23.4 Å². The van der Waals surface area contributed by atoms with Crippen LogP contribution in [0, 0.1) is 6.92 Å². The molecule has 1 aliphatic heterocycles. The van der Waals surface area contributed by atoms with Crippen molar-refractivity contribution in [2.24, 2.45) is 0 Å².